The monoisotopic (exact) mass is 430 g/mol. The third-order valence-electron chi connectivity index (χ3n) is 8.75. The van der Waals surface area contributed by atoms with Crippen LogP contribution >= 0.6 is 0 Å². The van der Waals surface area contributed by atoms with E-state index in [0.717, 1.165) is 43.4 Å². The normalized spacial score (nSPS) is 36.7. The van der Waals surface area contributed by atoms with Crippen molar-refractivity contribution in [3.8, 4) is 0 Å². The predicted molar refractivity (Wildman–Crippen MR) is 119 cm³/mol. The van der Waals surface area contributed by atoms with Crippen LogP contribution in [-0.2, 0) is 14.1 Å². The first-order valence-electron chi connectivity index (χ1n) is 11.9. The van der Waals surface area contributed by atoms with Crippen LogP contribution < -0.4 is 0 Å². The second-order valence-corrected chi connectivity index (χ2v) is 11.6. The van der Waals surface area contributed by atoms with Crippen molar-refractivity contribution in [1.29, 1.82) is 0 Å². The van der Waals surface area contributed by atoms with E-state index in [-0.39, 0.29) is 30.3 Å². The second kappa shape index (κ2) is 6.91. The van der Waals surface area contributed by atoms with E-state index in [9.17, 15) is 9.18 Å². The molecule has 0 radical (unpaired) electrons. The summed E-state index contributed by atoms with van der Waals surface area (Å²) in [6.45, 7) is 13.8. The van der Waals surface area contributed by atoms with Crippen molar-refractivity contribution in [3.05, 3.63) is 22.8 Å². The number of halogens is 1. The van der Waals surface area contributed by atoms with E-state index in [1.807, 2.05) is 0 Å². The van der Waals surface area contributed by atoms with Gasteiger partial charge in [-0.1, -0.05) is 0 Å². The molecule has 5 aliphatic rings. The van der Waals surface area contributed by atoms with Gasteiger partial charge >= 0.3 is 7.12 Å². The zero-order valence-corrected chi connectivity index (χ0v) is 19.8. The SMILES string of the molecule is CC1(C)C(=O)N(C2CC(N3CC[C@@H](F)C3)C2)C2=C1CCC(B1OC(C)(C)C(C)(C)O1)=C2. The van der Waals surface area contributed by atoms with Crippen LogP contribution in [0.4, 0.5) is 4.39 Å². The molecule has 0 N–H and O–H groups in total. The molecule has 3 fully saturated rings. The number of alkyl halides is 1. The van der Waals surface area contributed by atoms with Crippen LogP contribution in [-0.4, -0.2) is 65.4 Å². The molecule has 3 heterocycles. The number of nitrogens with zero attached hydrogens (tertiary/aromatic N) is 2. The van der Waals surface area contributed by atoms with Crippen LogP contribution in [0.25, 0.3) is 0 Å². The summed E-state index contributed by atoms with van der Waals surface area (Å²) in [4.78, 5) is 17.8. The molecule has 7 heteroatoms. The molecule has 0 aromatic rings. The van der Waals surface area contributed by atoms with Gasteiger partial charge in [0.2, 0.25) is 5.91 Å². The van der Waals surface area contributed by atoms with E-state index in [1.54, 1.807) is 0 Å². The van der Waals surface area contributed by atoms with Gasteiger partial charge in [-0.3, -0.25) is 9.69 Å². The van der Waals surface area contributed by atoms with Crippen molar-refractivity contribution in [2.75, 3.05) is 13.1 Å². The van der Waals surface area contributed by atoms with Crippen molar-refractivity contribution < 1.29 is 18.5 Å². The van der Waals surface area contributed by atoms with Gasteiger partial charge in [-0.25, -0.2) is 4.39 Å². The smallest absolute Gasteiger partial charge is 0.400 e. The number of hydrogen-bond donors (Lipinski definition) is 0. The highest BCUT2D eigenvalue weighted by molar-refractivity contribution is 6.54. The fourth-order valence-corrected chi connectivity index (χ4v) is 5.81. The lowest BCUT2D eigenvalue weighted by molar-refractivity contribution is -0.138. The summed E-state index contributed by atoms with van der Waals surface area (Å²) in [5.74, 6) is 0.206. The average Bonchev–Trinajstić information content (AvgIpc) is 3.21. The number of allylic oxidation sites excluding steroid dienone is 2. The van der Waals surface area contributed by atoms with E-state index in [0.29, 0.717) is 19.0 Å². The molecule has 1 amide bonds. The van der Waals surface area contributed by atoms with Gasteiger partial charge in [-0.15, -0.1) is 0 Å². The number of amides is 1. The molecule has 1 saturated carbocycles. The highest BCUT2D eigenvalue weighted by Crippen LogP contribution is 2.50. The standard InChI is InChI=1S/C24H36BFN2O3/c1-22(2)19-8-7-15(25-30-23(3,4)24(5,6)31-25)11-20(19)28(21(22)29)18-12-17(13-18)27-10-9-16(26)14-27/h11,16-18H,7-10,12-14H2,1-6H3/t16-,17?,18?/m1/s1. The van der Waals surface area contributed by atoms with Crippen molar-refractivity contribution in [1.82, 2.24) is 9.80 Å². The molecule has 170 valence electrons. The van der Waals surface area contributed by atoms with Crippen LogP contribution in [0.15, 0.2) is 22.8 Å². The summed E-state index contributed by atoms with van der Waals surface area (Å²) >= 11 is 0. The van der Waals surface area contributed by atoms with E-state index in [1.165, 1.54) is 5.57 Å². The summed E-state index contributed by atoms with van der Waals surface area (Å²) in [6, 6.07) is 0.610. The first-order valence-corrected chi connectivity index (χ1v) is 11.9. The maximum absolute atomic E-state index is 13.6. The lowest BCUT2D eigenvalue weighted by Gasteiger charge is -2.46. The fraction of sp³-hybridized carbons (Fsp3) is 0.792. The van der Waals surface area contributed by atoms with Crippen molar-refractivity contribution in [3.63, 3.8) is 0 Å². The number of hydrogen-bond acceptors (Lipinski definition) is 4. The van der Waals surface area contributed by atoms with Gasteiger partial charge in [0.1, 0.15) is 6.17 Å². The van der Waals surface area contributed by atoms with Gasteiger partial charge in [0.05, 0.1) is 16.6 Å². The van der Waals surface area contributed by atoms with Gasteiger partial charge in [0.25, 0.3) is 0 Å². The minimum absolute atomic E-state index is 0.205. The Labute approximate surface area is 186 Å². The van der Waals surface area contributed by atoms with Gasteiger partial charge in [0.15, 0.2) is 0 Å². The lowest BCUT2D eigenvalue weighted by Crippen LogP contribution is -2.54. The Balaban J connectivity index is 1.37. The molecule has 3 aliphatic heterocycles. The molecule has 1 atom stereocenters. The third-order valence-corrected chi connectivity index (χ3v) is 8.75. The highest BCUT2D eigenvalue weighted by atomic mass is 19.1. The van der Waals surface area contributed by atoms with Gasteiger partial charge in [-0.2, -0.15) is 0 Å². The molecule has 2 aliphatic carbocycles. The maximum Gasteiger partial charge on any atom is 0.490 e. The molecule has 0 unspecified atom stereocenters. The van der Waals surface area contributed by atoms with Gasteiger partial charge < -0.3 is 14.2 Å². The summed E-state index contributed by atoms with van der Waals surface area (Å²) in [5, 5.41) is 0. The Kier molecular flexibility index (Phi) is 4.83. The van der Waals surface area contributed by atoms with E-state index < -0.39 is 11.6 Å². The summed E-state index contributed by atoms with van der Waals surface area (Å²) in [6.07, 6.45) is 5.73. The summed E-state index contributed by atoms with van der Waals surface area (Å²) in [5.41, 5.74) is 2.23. The molecule has 5 nitrogen and oxygen atoms in total. The van der Waals surface area contributed by atoms with Crippen LogP contribution in [0, 0.1) is 5.41 Å². The summed E-state index contributed by atoms with van der Waals surface area (Å²) in [7, 11) is -0.361. The largest absolute Gasteiger partial charge is 0.490 e. The van der Waals surface area contributed by atoms with Gasteiger partial charge in [-0.05, 0) is 90.8 Å². The molecule has 2 saturated heterocycles. The number of likely N-dealkylation sites (tertiary alicyclic amines) is 1. The Hall–Kier alpha value is -1.18. The third kappa shape index (κ3) is 3.26. The molecule has 5 rings (SSSR count). The highest BCUT2D eigenvalue weighted by Gasteiger charge is 2.55. The maximum atomic E-state index is 13.6. The molecule has 0 spiro atoms. The molecule has 31 heavy (non-hydrogen) atoms. The minimum Gasteiger partial charge on any atom is -0.400 e. The van der Waals surface area contributed by atoms with E-state index in [4.69, 9.17) is 9.31 Å². The molecular weight excluding hydrogens is 394 g/mol. The summed E-state index contributed by atoms with van der Waals surface area (Å²) < 4.78 is 26.2. The zero-order chi connectivity index (χ0) is 22.3. The van der Waals surface area contributed by atoms with Crippen LogP contribution in [0.1, 0.15) is 73.6 Å². The molecule has 0 aromatic heterocycles. The lowest BCUT2D eigenvalue weighted by atomic mass is 9.70. The Morgan fingerprint density at radius 3 is 2.26 bits per heavy atom. The van der Waals surface area contributed by atoms with E-state index >= 15 is 0 Å². The second-order valence-electron chi connectivity index (χ2n) is 11.6. The Bertz CT molecular complexity index is 843. The molecular formula is C24H36BFN2O3. The minimum atomic E-state index is -0.690. The average molecular weight is 430 g/mol. The van der Waals surface area contributed by atoms with Gasteiger partial charge in [0, 0.05) is 30.9 Å². The quantitative estimate of drug-likeness (QED) is 0.634. The number of rotatable bonds is 3. The van der Waals surface area contributed by atoms with E-state index in [2.05, 4.69) is 57.4 Å². The predicted octanol–water partition coefficient (Wildman–Crippen LogP) is 4.04. The van der Waals surface area contributed by atoms with Crippen LogP contribution in [0.5, 0.6) is 0 Å². The topological polar surface area (TPSA) is 42.0 Å². The number of carbonyl (C=O) groups is 1. The van der Waals surface area contributed by atoms with Crippen molar-refractivity contribution in [2.45, 2.75) is 103 Å². The Morgan fingerprint density at radius 1 is 1.03 bits per heavy atom. The van der Waals surface area contributed by atoms with Crippen LogP contribution in [0.3, 0.4) is 0 Å². The Morgan fingerprint density at radius 2 is 1.68 bits per heavy atom. The fourth-order valence-electron chi connectivity index (χ4n) is 5.81. The van der Waals surface area contributed by atoms with Crippen LogP contribution in [0.2, 0.25) is 0 Å². The molecule has 0 aromatic carbocycles. The molecule has 0 bridgehead atoms. The first-order chi connectivity index (χ1) is 14.4. The number of carbonyl (C=O) groups excluding carboxylic acids is 1. The van der Waals surface area contributed by atoms with Crippen molar-refractivity contribution >= 4 is 13.0 Å². The van der Waals surface area contributed by atoms with Crippen molar-refractivity contribution in [2.24, 2.45) is 5.41 Å². The first kappa shape index (κ1) is 21.7. The zero-order valence-electron chi connectivity index (χ0n) is 19.8.